The zero-order valence-electron chi connectivity index (χ0n) is 9.76. The summed E-state index contributed by atoms with van der Waals surface area (Å²) < 4.78 is 9.22. The van der Waals surface area contributed by atoms with E-state index in [2.05, 4.69) is 27.9 Å². The fourth-order valence-corrected chi connectivity index (χ4v) is 0.928. The molecule has 0 unspecified atom stereocenters. The third-order valence-electron chi connectivity index (χ3n) is 1.63. The number of hydrogen-bond donors (Lipinski definition) is 2. The van der Waals surface area contributed by atoms with E-state index in [-0.39, 0.29) is 13.2 Å². The minimum atomic E-state index is -1.31. The molecule has 100 valence electrons. The van der Waals surface area contributed by atoms with Gasteiger partial charge in [0.05, 0.1) is 6.42 Å². The summed E-state index contributed by atoms with van der Waals surface area (Å²) in [5.74, 6) is -2.12. The Morgan fingerprint density at radius 2 is 1.72 bits per heavy atom. The van der Waals surface area contributed by atoms with Crippen molar-refractivity contribution >= 4 is 18.0 Å². The minimum Gasteiger partial charge on any atom is -0.481 e. The predicted molar refractivity (Wildman–Crippen MR) is 61.9 cm³/mol. The molecule has 0 saturated carbocycles. The van der Waals surface area contributed by atoms with Crippen molar-refractivity contribution in [1.29, 1.82) is 0 Å². The van der Waals surface area contributed by atoms with Gasteiger partial charge in [-0.15, -0.1) is 0 Å². The van der Waals surface area contributed by atoms with E-state index in [1.807, 2.05) is 0 Å². The van der Waals surface area contributed by atoms with E-state index in [1.165, 1.54) is 12.2 Å². The van der Waals surface area contributed by atoms with Crippen LogP contribution in [0.1, 0.15) is 6.42 Å². The first kappa shape index (κ1) is 15.7. The summed E-state index contributed by atoms with van der Waals surface area (Å²) in [4.78, 5) is 33.1. The molecular formula is C11H15NO6. The first-order valence-corrected chi connectivity index (χ1v) is 5.04. The molecule has 0 radical (unpaired) electrons. The fraction of sp³-hybridized carbons (Fsp3) is 0.364. The Morgan fingerprint density at radius 1 is 1.17 bits per heavy atom. The second-order valence-corrected chi connectivity index (χ2v) is 3.10. The van der Waals surface area contributed by atoms with Crippen LogP contribution in [0.2, 0.25) is 0 Å². The smallest absolute Gasteiger partial charge is 0.408 e. The van der Waals surface area contributed by atoms with Crippen LogP contribution in [0.4, 0.5) is 4.79 Å². The molecule has 7 heteroatoms. The number of hydrogen-bond acceptors (Lipinski definition) is 5. The molecule has 0 rings (SSSR count). The number of amides is 1. The van der Waals surface area contributed by atoms with Gasteiger partial charge in [-0.1, -0.05) is 25.3 Å². The van der Waals surface area contributed by atoms with Gasteiger partial charge in [-0.25, -0.2) is 9.59 Å². The highest BCUT2D eigenvalue weighted by Crippen LogP contribution is 1.98. The number of carboxylic acids is 1. The lowest BCUT2D eigenvalue weighted by Crippen LogP contribution is -2.43. The second kappa shape index (κ2) is 8.80. The largest absolute Gasteiger partial charge is 0.481 e. The summed E-state index contributed by atoms with van der Waals surface area (Å²) in [6.07, 6.45) is 1.14. The summed E-state index contributed by atoms with van der Waals surface area (Å²) in [6, 6.07) is -1.31. The van der Waals surface area contributed by atoms with Crippen molar-refractivity contribution in [3.05, 3.63) is 25.3 Å². The van der Waals surface area contributed by atoms with Crippen molar-refractivity contribution in [2.75, 3.05) is 13.2 Å². The molecule has 0 aliphatic rings. The van der Waals surface area contributed by atoms with Crippen molar-refractivity contribution in [2.45, 2.75) is 12.5 Å². The molecule has 0 heterocycles. The molecule has 0 aromatic rings. The van der Waals surface area contributed by atoms with Crippen molar-refractivity contribution in [3.8, 4) is 0 Å². The zero-order valence-corrected chi connectivity index (χ0v) is 9.76. The van der Waals surface area contributed by atoms with Crippen LogP contribution < -0.4 is 5.32 Å². The molecule has 0 spiro atoms. The van der Waals surface area contributed by atoms with Gasteiger partial charge in [0.15, 0.2) is 0 Å². The number of esters is 1. The van der Waals surface area contributed by atoms with Gasteiger partial charge in [-0.3, -0.25) is 4.79 Å². The summed E-state index contributed by atoms with van der Waals surface area (Å²) in [6.45, 7) is 6.55. The summed E-state index contributed by atoms with van der Waals surface area (Å²) in [7, 11) is 0. The Kier molecular flexibility index (Phi) is 7.67. The van der Waals surface area contributed by atoms with E-state index in [0.29, 0.717) is 0 Å². The molecule has 0 fully saturated rings. The summed E-state index contributed by atoms with van der Waals surface area (Å²) in [5, 5.41) is 10.7. The van der Waals surface area contributed by atoms with Crippen molar-refractivity contribution in [3.63, 3.8) is 0 Å². The van der Waals surface area contributed by atoms with Crippen LogP contribution in [0.5, 0.6) is 0 Å². The lowest BCUT2D eigenvalue weighted by atomic mass is 10.2. The molecule has 0 aromatic heterocycles. The minimum absolute atomic E-state index is 0.0483. The average Bonchev–Trinajstić information content (AvgIpc) is 2.32. The van der Waals surface area contributed by atoms with Gasteiger partial charge in [0.1, 0.15) is 19.3 Å². The molecule has 0 aliphatic carbocycles. The number of carbonyl (C=O) groups excluding carboxylic acids is 2. The lowest BCUT2D eigenvalue weighted by molar-refractivity contribution is -0.149. The van der Waals surface area contributed by atoms with Gasteiger partial charge in [-0.05, 0) is 0 Å². The number of nitrogens with one attached hydrogen (secondary N) is 1. The molecule has 7 nitrogen and oxygen atoms in total. The zero-order chi connectivity index (χ0) is 14.0. The van der Waals surface area contributed by atoms with Gasteiger partial charge < -0.3 is 19.9 Å². The van der Waals surface area contributed by atoms with E-state index in [0.717, 1.165) is 0 Å². The number of aliphatic carboxylic acids is 1. The van der Waals surface area contributed by atoms with Crippen LogP contribution >= 0.6 is 0 Å². The van der Waals surface area contributed by atoms with E-state index >= 15 is 0 Å². The van der Waals surface area contributed by atoms with E-state index < -0.39 is 30.5 Å². The number of carbonyl (C=O) groups is 3. The first-order chi connectivity index (χ1) is 8.51. The topological polar surface area (TPSA) is 102 Å². The molecule has 1 amide bonds. The fourth-order valence-electron chi connectivity index (χ4n) is 0.928. The van der Waals surface area contributed by atoms with E-state index in [1.54, 1.807) is 0 Å². The van der Waals surface area contributed by atoms with Gasteiger partial charge >= 0.3 is 18.0 Å². The molecule has 2 N–H and O–H groups in total. The highest BCUT2D eigenvalue weighted by molar-refractivity contribution is 5.85. The Balaban J connectivity index is 4.42. The standard InChI is InChI=1S/C11H15NO6/c1-3-5-17-10(15)8(7-9(13)14)12-11(16)18-6-4-2/h3-4,8H,1-2,5-7H2,(H,12,16)(H,13,14)/t8-/m0/s1. The third-order valence-corrected chi connectivity index (χ3v) is 1.63. The molecule has 0 aromatic carbocycles. The molecular weight excluding hydrogens is 242 g/mol. The molecule has 1 atom stereocenters. The van der Waals surface area contributed by atoms with E-state index in [9.17, 15) is 14.4 Å². The molecule has 0 bridgehead atoms. The van der Waals surface area contributed by atoms with Crippen LogP contribution in [0.15, 0.2) is 25.3 Å². The maximum Gasteiger partial charge on any atom is 0.408 e. The Hall–Kier alpha value is -2.31. The van der Waals surface area contributed by atoms with Crippen LogP contribution in [0, 0.1) is 0 Å². The van der Waals surface area contributed by atoms with Crippen molar-refractivity contribution in [1.82, 2.24) is 5.32 Å². The maximum absolute atomic E-state index is 11.4. The number of ether oxygens (including phenoxy) is 2. The normalized spacial score (nSPS) is 10.9. The summed E-state index contributed by atoms with van der Waals surface area (Å²) in [5.41, 5.74) is 0. The van der Waals surface area contributed by atoms with Gasteiger partial charge in [0.25, 0.3) is 0 Å². The molecule has 0 saturated heterocycles. The predicted octanol–water partition coefficient (Wildman–Crippen LogP) is 0.471. The molecule has 0 aliphatic heterocycles. The van der Waals surface area contributed by atoms with Crippen molar-refractivity contribution < 1.29 is 29.0 Å². The van der Waals surface area contributed by atoms with Crippen LogP contribution in [-0.4, -0.2) is 42.4 Å². The van der Waals surface area contributed by atoms with Gasteiger partial charge in [-0.2, -0.15) is 0 Å². The van der Waals surface area contributed by atoms with Crippen LogP contribution in [-0.2, 0) is 19.1 Å². The maximum atomic E-state index is 11.4. The lowest BCUT2D eigenvalue weighted by Gasteiger charge is -2.14. The average molecular weight is 257 g/mol. The SMILES string of the molecule is C=CCOC(=O)N[C@@H](CC(=O)O)C(=O)OCC=C. The van der Waals surface area contributed by atoms with Gasteiger partial charge in [0.2, 0.25) is 0 Å². The van der Waals surface area contributed by atoms with Crippen LogP contribution in [0.3, 0.4) is 0 Å². The first-order valence-electron chi connectivity index (χ1n) is 5.04. The second-order valence-electron chi connectivity index (χ2n) is 3.10. The summed E-state index contributed by atoms with van der Waals surface area (Å²) >= 11 is 0. The van der Waals surface area contributed by atoms with Crippen molar-refractivity contribution in [2.24, 2.45) is 0 Å². The Labute approximate surface area is 104 Å². The van der Waals surface area contributed by atoms with Gasteiger partial charge in [0, 0.05) is 0 Å². The van der Waals surface area contributed by atoms with E-state index in [4.69, 9.17) is 5.11 Å². The molecule has 18 heavy (non-hydrogen) atoms. The number of carboxylic acid groups (broad SMARTS) is 1. The van der Waals surface area contributed by atoms with Crippen LogP contribution in [0.25, 0.3) is 0 Å². The Bertz CT molecular complexity index is 338. The monoisotopic (exact) mass is 257 g/mol. The Morgan fingerprint density at radius 3 is 2.22 bits per heavy atom. The number of alkyl carbamates (subject to hydrolysis) is 1. The number of rotatable bonds is 8. The third kappa shape index (κ3) is 7.04. The quantitative estimate of drug-likeness (QED) is 0.484. The highest BCUT2D eigenvalue weighted by atomic mass is 16.6. The highest BCUT2D eigenvalue weighted by Gasteiger charge is 2.25.